The highest BCUT2D eigenvalue weighted by Crippen LogP contribution is 2.37. The summed E-state index contributed by atoms with van der Waals surface area (Å²) in [7, 11) is 1.63. The number of carbonyl (C=O) groups is 1. The van der Waals surface area contributed by atoms with E-state index in [0.717, 1.165) is 5.56 Å². The molecule has 0 aliphatic heterocycles. The van der Waals surface area contributed by atoms with Crippen LogP contribution in [0.1, 0.15) is 21.6 Å². The molecule has 0 saturated carbocycles. The number of phenolic OH excluding ortho intramolecular Hbond substituents is 2. The predicted molar refractivity (Wildman–Crippen MR) is 68.4 cm³/mol. The highest BCUT2D eigenvalue weighted by Gasteiger charge is 2.17. The summed E-state index contributed by atoms with van der Waals surface area (Å²) in [6.45, 7) is 3.47. The van der Waals surface area contributed by atoms with E-state index in [0.29, 0.717) is 16.8 Å². The van der Waals surface area contributed by atoms with E-state index in [1.165, 1.54) is 16.8 Å². The first-order valence-electron chi connectivity index (χ1n) is 5.62. The SMILES string of the molecule is Cc1c(-c2cc(C(=O)O)nn2C)cc(O)c(O)c1C. The van der Waals surface area contributed by atoms with E-state index in [1.807, 2.05) is 0 Å². The summed E-state index contributed by atoms with van der Waals surface area (Å²) in [5, 5.41) is 32.1. The monoisotopic (exact) mass is 262 g/mol. The number of aryl methyl sites for hydroxylation is 1. The van der Waals surface area contributed by atoms with Gasteiger partial charge in [-0.1, -0.05) is 0 Å². The Morgan fingerprint density at radius 1 is 1.21 bits per heavy atom. The molecule has 100 valence electrons. The van der Waals surface area contributed by atoms with Gasteiger partial charge in [-0.3, -0.25) is 4.68 Å². The summed E-state index contributed by atoms with van der Waals surface area (Å²) in [5.74, 6) is -1.52. The van der Waals surface area contributed by atoms with Gasteiger partial charge in [0.1, 0.15) is 0 Å². The Kier molecular flexibility index (Phi) is 2.94. The summed E-state index contributed by atoms with van der Waals surface area (Å²) < 4.78 is 1.43. The average molecular weight is 262 g/mol. The lowest BCUT2D eigenvalue weighted by molar-refractivity contribution is 0.0689. The van der Waals surface area contributed by atoms with Gasteiger partial charge in [0.2, 0.25) is 0 Å². The van der Waals surface area contributed by atoms with Crippen LogP contribution in [0.2, 0.25) is 0 Å². The zero-order chi connectivity index (χ0) is 14.3. The van der Waals surface area contributed by atoms with Crippen LogP contribution in [0.5, 0.6) is 11.5 Å². The number of aromatic carboxylic acids is 1. The zero-order valence-corrected chi connectivity index (χ0v) is 10.8. The third-order valence-corrected chi connectivity index (χ3v) is 3.22. The summed E-state index contributed by atoms with van der Waals surface area (Å²) in [6.07, 6.45) is 0. The maximum absolute atomic E-state index is 10.9. The van der Waals surface area contributed by atoms with Gasteiger partial charge in [-0.15, -0.1) is 0 Å². The van der Waals surface area contributed by atoms with E-state index in [1.54, 1.807) is 20.9 Å². The fourth-order valence-electron chi connectivity index (χ4n) is 1.97. The number of hydrogen-bond donors (Lipinski definition) is 3. The molecule has 2 aromatic rings. The number of phenols is 2. The van der Waals surface area contributed by atoms with Crippen molar-refractivity contribution in [1.29, 1.82) is 0 Å². The molecule has 0 aliphatic rings. The van der Waals surface area contributed by atoms with Gasteiger partial charge in [0.05, 0.1) is 5.69 Å². The topological polar surface area (TPSA) is 95.6 Å². The Balaban J connectivity index is 2.69. The van der Waals surface area contributed by atoms with Gasteiger partial charge in [0.15, 0.2) is 17.2 Å². The second kappa shape index (κ2) is 4.31. The van der Waals surface area contributed by atoms with Crippen LogP contribution in [0.4, 0.5) is 0 Å². The standard InChI is InChI=1S/C13H14N2O4/c1-6-7(2)12(17)11(16)4-8(6)10-5-9(13(18)19)14-15(10)3/h4-5,16-17H,1-3H3,(H,18,19). The predicted octanol–water partition coefficient (Wildman–Crippen LogP) is 1.81. The third-order valence-electron chi connectivity index (χ3n) is 3.22. The van der Waals surface area contributed by atoms with E-state index in [2.05, 4.69) is 5.10 Å². The van der Waals surface area contributed by atoms with Crippen molar-refractivity contribution in [1.82, 2.24) is 9.78 Å². The van der Waals surface area contributed by atoms with Gasteiger partial charge >= 0.3 is 5.97 Å². The van der Waals surface area contributed by atoms with E-state index >= 15 is 0 Å². The number of aromatic nitrogens is 2. The molecule has 6 nitrogen and oxygen atoms in total. The summed E-state index contributed by atoms with van der Waals surface area (Å²) in [5.41, 5.74) is 2.44. The number of carboxylic acids is 1. The van der Waals surface area contributed by atoms with Crippen molar-refractivity contribution in [3.63, 3.8) is 0 Å². The van der Waals surface area contributed by atoms with Gasteiger partial charge in [-0.05, 0) is 37.1 Å². The van der Waals surface area contributed by atoms with E-state index in [-0.39, 0.29) is 17.2 Å². The summed E-state index contributed by atoms with van der Waals surface area (Å²) >= 11 is 0. The van der Waals surface area contributed by atoms with Crippen molar-refractivity contribution in [2.45, 2.75) is 13.8 Å². The van der Waals surface area contributed by atoms with Crippen molar-refractivity contribution < 1.29 is 20.1 Å². The molecule has 0 amide bonds. The van der Waals surface area contributed by atoms with Crippen molar-refractivity contribution in [2.24, 2.45) is 7.05 Å². The Morgan fingerprint density at radius 2 is 1.84 bits per heavy atom. The van der Waals surface area contributed by atoms with Crippen LogP contribution >= 0.6 is 0 Å². The first kappa shape index (κ1) is 12.9. The van der Waals surface area contributed by atoms with Crippen molar-refractivity contribution in [3.8, 4) is 22.8 Å². The minimum Gasteiger partial charge on any atom is -0.504 e. The average Bonchev–Trinajstić information content (AvgIpc) is 2.73. The van der Waals surface area contributed by atoms with Crippen molar-refractivity contribution >= 4 is 5.97 Å². The normalized spacial score (nSPS) is 10.7. The summed E-state index contributed by atoms with van der Waals surface area (Å²) in [4.78, 5) is 10.9. The number of carboxylic acid groups (broad SMARTS) is 1. The molecule has 0 unspecified atom stereocenters. The number of rotatable bonds is 2. The van der Waals surface area contributed by atoms with Crippen LogP contribution < -0.4 is 0 Å². The Morgan fingerprint density at radius 3 is 2.37 bits per heavy atom. The lowest BCUT2D eigenvalue weighted by Gasteiger charge is -2.12. The van der Waals surface area contributed by atoms with Gasteiger partial charge in [0.25, 0.3) is 0 Å². The molecule has 0 aliphatic carbocycles. The maximum atomic E-state index is 10.9. The third kappa shape index (κ3) is 2.01. The Bertz CT molecular complexity index is 674. The van der Waals surface area contributed by atoms with Gasteiger partial charge < -0.3 is 15.3 Å². The van der Waals surface area contributed by atoms with Crippen LogP contribution in [-0.4, -0.2) is 31.1 Å². The first-order chi connectivity index (χ1) is 8.82. The fourth-order valence-corrected chi connectivity index (χ4v) is 1.97. The van der Waals surface area contributed by atoms with E-state index < -0.39 is 5.97 Å². The van der Waals surface area contributed by atoms with Crippen LogP contribution in [0.25, 0.3) is 11.3 Å². The molecule has 0 bridgehead atoms. The molecule has 0 spiro atoms. The van der Waals surface area contributed by atoms with Crippen LogP contribution in [0.15, 0.2) is 12.1 Å². The number of hydrogen-bond acceptors (Lipinski definition) is 4. The number of aromatic hydroxyl groups is 2. The number of benzene rings is 1. The smallest absolute Gasteiger partial charge is 0.356 e. The van der Waals surface area contributed by atoms with E-state index in [9.17, 15) is 15.0 Å². The van der Waals surface area contributed by atoms with Gasteiger partial charge in [-0.2, -0.15) is 5.10 Å². The van der Waals surface area contributed by atoms with E-state index in [4.69, 9.17) is 5.11 Å². The molecule has 19 heavy (non-hydrogen) atoms. The molecule has 1 aromatic heterocycles. The molecule has 0 saturated heterocycles. The second-order valence-corrected chi connectivity index (χ2v) is 4.39. The molecular formula is C13H14N2O4. The minimum absolute atomic E-state index is 0.0675. The molecule has 2 rings (SSSR count). The molecule has 3 N–H and O–H groups in total. The Labute approximate surface area is 109 Å². The van der Waals surface area contributed by atoms with Crippen LogP contribution in [0.3, 0.4) is 0 Å². The van der Waals surface area contributed by atoms with Crippen LogP contribution in [0, 0.1) is 13.8 Å². The number of nitrogens with zero attached hydrogens (tertiary/aromatic N) is 2. The molecule has 0 atom stereocenters. The molecule has 1 heterocycles. The Hall–Kier alpha value is -2.50. The first-order valence-corrected chi connectivity index (χ1v) is 5.62. The lowest BCUT2D eigenvalue weighted by atomic mass is 9.99. The highest BCUT2D eigenvalue weighted by molar-refractivity contribution is 5.87. The van der Waals surface area contributed by atoms with Crippen molar-refractivity contribution in [2.75, 3.05) is 0 Å². The quantitative estimate of drug-likeness (QED) is 0.717. The zero-order valence-electron chi connectivity index (χ0n) is 10.8. The summed E-state index contributed by atoms with van der Waals surface area (Å²) in [6, 6.07) is 2.83. The molecule has 0 fully saturated rings. The molecule has 6 heteroatoms. The second-order valence-electron chi connectivity index (χ2n) is 4.39. The van der Waals surface area contributed by atoms with Crippen molar-refractivity contribution in [3.05, 3.63) is 29.0 Å². The van der Waals surface area contributed by atoms with Gasteiger partial charge in [0, 0.05) is 12.6 Å². The van der Waals surface area contributed by atoms with Gasteiger partial charge in [-0.25, -0.2) is 4.79 Å². The molecular weight excluding hydrogens is 248 g/mol. The van der Waals surface area contributed by atoms with Crippen LogP contribution in [-0.2, 0) is 7.05 Å². The minimum atomic E-state index is -1.11. The maximum Gasteiger partial charge on any atom is 0.356 e. The fraction of sp³-hybridized carbons (Fsp3) is 0.231. The highest BCUT2D eigenvalue weighted by atomic mass is 16.4. The lowest BCUT2D eigenvalue weighted by Crippen LogP contribution is -1.99. The molecule has 1 aromatic carbocycles. The largest absolute Gasteiger partial charge is 0.504 e. The molecule has 0 radical (unpaired) electrons.